The van der Waals surface area contributed by atoms with Gasteiger partial charge in [0, 0.05) is 19.3 Å². The fourth-order valence-corrected chi connectivity index (χ4v) is 2.93. The summed E-state index contributed by atoms with van der Waals surface area (Å²) in [4.78, 5) is 29.0. The van der Waals surface area contributed by atoms with Crippen molar-refractivity contribution in [1.82, 2.24) is 9.88 Å². The summed E-state index contributed by atoms with van der Waals surface area (Å²) in [6, 6.07) is 1.80. The number of carbonyl (C=O) groups is 2. The van der Waals surface area contributed by atoms with Gasteiger partial charge in [-0.25, -0.2) is 0 Å². The minimum absolute atomic E-state index is 0.115. The topological polar surface area (TPSA) is 73.4 Å². The van der Waals surface area contributed by atoms with Crippen molar-refractivity contribution in [2.24, 2.45) is 5.41 Å². The van der Waals surface area contributed by atoms with E-state index in [0.717, 1.165) is 11.1 Å². The molecular weight excluding hydrogens is 280 g/mol. The van der Waals surface area contributed by atoms with Crippen LogP contribution in [0.15, 0.2) is 23.9 Å². The molecule has 1 aromatic heterocycles. The number of allylic oxidation sites excluding steroid dienone is 2. The Morgan fingerprint density at radius 2 is 2.18 bits per heavy atom. The van der Waals surface area contributed by atoms with E-state index in [0.29, 0.717) is 31.5 Å². The lowest BCUT2D eigenvalue weighted by Gasteiger charge is -2.39. The normalized spacial score (nSPS) is 21.5. The molecule has 22 heavy (non-hydrogen) atoms. The van der Waals surface area contributed by atoms with E-state index >= 15 is 0 Å². The molecule has 1 aliphatic rings. The molecule has 0 unspecified atom stereocenters. The second kappa shape index (κ2) is 6.38. The molecule has 5 heteroatoms. The highest BCUT2D eigenvalue weighted by atomic mass is 16.4. The van der Waals surface area contributed by atoms with Crippen LogP contribution in [-0.2, 0) is 4.79 Å². The summed E-state index contributed by atoms with van der Waals surface area (Å²) in [5, 5.41) is 9.70. The molecule has 1 amide bonds. The fourth-order valence-electron chi connectivity index (χ4n) is 2.93. The van der Waals surface area contributed by atoms with E-state index in [9.17, 15) is 14.7 Å². The predicted molar refractivity (Wildman–Crippen MR) is 84.8 cm³/mol. The van der Waals surface area contributed by atoms with E-state index in [4.69, 9.17) is 0 Å². The lowest BCUT2D eigenvalue weighted by Crippen LogP contribution is -2.49. The van der Waals surface area contributed by atoms with E-state index in [1.165, 1.54) is 0 Å². The number of aromatic nitrogens is 1. The van der Waals surface area contributed by atoms with Crippen LogP contribution in [0.5, 0.6) is 0 Å². The molecule has 0 radical (unpaired) electrons. The van der Waals surface area contributed by atoms with Gasteiger partial charge in [0.25, 0.3) is 5.91 Å². The third-order valence-electron chi connectivity index (χ3n) is 4.28. The number of rotatable bonds is 4. The first-order chi connectivity index (χ1) is 10.3. The van der Waals surface area contributed by atoms with E-state index in [1.54, 1.807) is 17.2 Å². The summed E-state index contributed by atoms with van der Waals surface area (Å²) in [6.45, 7) is 6.72. The van der Waals surface area contributed by atoms with Gasteiger partial charge < -0.3 is 15.0 Å². The van der Waals surface area contributed by atoms with Crippen molar-refractivity contribution in [1.29, 1.82) is 0 Å². The van der Waals surface area contributed by atoms with Crippen molar-refractivity contribution in [2.45, 2.75) is 40.0 Å². The Morgan fingerprint density at radius 3 is 2.73 bits per heavy atom. The molecule has 0 aromatic carbocycles. The van der Waals surface area contributed by atoms with Crippen LogP contribution in [-0.4, -0.2) is 40.0 Å². The Hall–Kier alpha value is -2.04. The van der Waals surface area contributed by atoms with Crippen LogP contribution in [0.25, 0.3) is 0 Å². The van der Waals surface area contributed by atoms with E-state index < -0.39 is 11.4 Å². The Morgan fingerprint density at radius 1 is 1.45 bits per heavy atom. The number of aryl methyl sites for hydroxylation is 1. The van der Waals surface area contributed by atoms with Crippen molar-refractivity contribution < 1.29 is 14.7 Å². The minimum atomic E-state index is -0.868. The maximum atomic E-state index is 12.5. The van der Waals surface area contributed by atoms with Crippen LogP contribution in [0.2, 0.25) is 0 Å². The lowest BCUT2D eigenvalue weighted by molar-refractivity contribution is -0.151. The summed E-state index contributed by atoms with van der Waals surface area (Å²) in [5.74, 6) is -0.930. The molecule has 0 spiro atoms. The van der Waals surface area contributed by atoms with E-state index in [2.05, 4.69) is 4.98 Å². The Labute approximate surface area is 131 Å². The third kappa shape index (κ3) is 3.40. The van der Waals surface area contributed by atoms with Crippen LogP contribution in [0, 0.1) is 12.3 Å². The van der Waals surface area contributed by atoms with Crippen LogP contribution in [0.4, 0.5) is 0 Å². The maximum absolute atomic E-state index is 12.5. The average molecular weight is 304 g/mol. The molecule has 2 rings (SSSR count). The number of piperidine rings is 1. The fraction of sp³-hybridized carbons (Fsp3) is 0.529. The van der Waals surface area contributed by atoms with Gasteiger partial charge in [0.15, 0.2) is 0 Å². The molecule has 2 N–H and O–H groups in total. The van der Waals surface area contributed by atoms with Crippen molar-refractivity contribution in [3.63, 3.8) is 0 Å². The zero-order valence-corrected chi connectivity index (χ0v) is 13.5. The first kappa shape index (κ1) is 16.3. The Bertz CT molecular complexity index is 599. The molecule has 1 fully saturated rings. The summed E-state index contributed by atoms with van der Waals surface area (Å²) in [6.07, 6.45) is 5.54. The lowest BCUT2D eigenvalue weighted by atomic mass is 9.76. The molecular formula is C17H24N2O3. The van der Waals surface area contributed by atoms with Crippen LogP contribution in [0.1, 0.15) is 49.2 Å². The molecule has 2 heterocycles. The molecule has 0 bridgehead atoms. The second-order valence-corrected chi connectivity index (χ2v) is 6.49. The minimum Gasteiger partial charge on any atom is -0.481 e. The molecule has 120 valence electrons. The van der Waals surface area contributed by atoms with Crippen molar-refractivity contribution in [3.05, 3.63) is 35.2 Å². The SMILES string of the molecule is CC(C)=CC[C@]1(C(=O)O)CCCN(C(=O)c2cc(C)c[nH]2)C1. The number of aromatic amines is 1. The molecule has 1 saturated heterocycles. The number of H-pyrrole nitrogens is 1. The monoisotopic (exact) mass is 304 g/mol. The van der Waals surface area contributed by atoms with Gasteiger partial charge in [-0.3, -0.25) is 9.59 Å². The van der Waals surface area contributed by atoms with Gasteiger partial charge in [0.05, 0.1) is 5.41 Å². The van der Waals surface area contributed by atoms with Crippen LogP contribution >= 0.6 is 0 Å². The number of nitrogens with one attached hydrogen (secondary N) is 1. The zero-order valence-electron chi connectivity index (χ0n) is 13.5. The number of carboxylic acids is 1. The number of hydrogen-bond acceptors (Lipinski definition) is 2. The highest BCUT2D eigenvalue weighted by Crippen LogP contribution is 2.35. The molecule has 0 aliphatic carbocycles. The number of carboxylic acid groups (broad SMARTS) is 1. The first-order valence-electron chi connectivity index (χ1n) is 7.65. The summed E-state index contributed by atoms with van der Waals surface area (Å²) < 4.78 is 0. The summed E-state index contributed by atoms with van der Waals surface area (Å²) >= 11 is 0. The second-order valence-electron chi connectivity index (χ2n) is 6.49. The number of nitrogens with zero attached hydrogens (tertiary/aromatic N) is 1. The van der Waals surface area contributed by atoms with Gasteiger partial charge >= 0.3 is 5.97 Å². The van der Waals surface area contributed by atoms with Gasteiger partial charge in [0.2, 0.25) is 0 Å². The molecule has 0 saturated carbocycles. The third-order valence-corrected chi connectivity index (χ3v) is 4.28. The van der Waals surface area contributed by atoms with E-state index in [-0.39, 0.29) is 12.5 Å². The van der Waals surface area contributed by atoms with E-state index in [1.807, 2.05) is 26.8 Å². The highest BCUT2D eigenvalue weighted by Gasteiger charge is 2.43. The standard InChI is InChI=1S/C17H24N2O3/c1-12(2)5-7-17(16(21)22)6-4-8-19(11-17)15(20)14-9-13(3)10-18-14/h5,9-10,18H,4,6-8,11H2,1-3H3,(H,21,22)/t17-/m1/s1. The number of amides is 1. The number of likely N-dealkylation sites (tertiary alicyclic amines) is 1. The number of aliphatic carboxylic acids is 1. The highest BCUT2D eigenvalue weighted by molar-refractivity contribution is 5.93. The van der Waals surface area contributed by atoms with Gasteiger partial charge in [0.1, 0.15) is 5.69 Å². The Balaban J connectivity index is 2.20. The van der Waals surface area contributed by atoms with Crippen molar-refractivity contribution >= 4 is 11.9 Å². The van der Waals surface area contributed by atoms with Crippen molar-refractivity contribution in [2.75, 3.05) is 13.1 Å². The number of carbonyl (C=O) groups excluding carboxylic acids is 1. The number of hydrogen-bond donors (Lipinski definition) is 2. The van der Waals surface area contributed by atoms with Gasteiger partial charge in [-0.2, -0.15) is 0 Å². The summed E-state index contributed by atoms with van der Waals surface area (Å²) in [7, 11) is 0. The van der Waals surface area contributed by atoms with Gasteiger partial charge in [-0.15, -0.1) is 0 Å². The smallest absolute Gasteiger partial charge is 0.311 e. The maximum Gasteiger partial charge on any atom is 0.311 e. The van der Waals surface area contributed by atoms with Gasteiger partial charge in [-0.05, 0) is 51.7 Å². The molecule has 1 aliphatic heterocycles. The van der Waals surface area contributed by atoms with Gasteiger partial charge in [-0.1, -0.05) is 11.6 Å². The largest absolute Gasteiger partial charge is 0.481 e. The Kier molecular flexibility index (Phi) is 4.74. The zero-order chi connectivity index (χ0) is 16.3. The van der Waals surface area contributed by atoms with Crippen LogP contribution < -0.4 is 0 Å². The van der Waals surface area contributed by atoms with Crippen molar-refractivity contribution in [3.8, 4) is 0 Å². The molecule has 1 aromatic rings. The molecule has 5 nitrogen and oxygen atoms in total. The quantitative estimate of drug-likeness (QED) is 0.840. The molecule has 1 atom stereocenters. The average Bonchev–Trinajstić information content (AvgIpc) is 2.91. The summed E-state index contributed by atoms with van der Waals surface area (Å²) in [5.41, 5.74) is 1.76. The predicted octanol–water partition coefficient (Wildman–Crippen LogP) is 2.99. The first-order valence-corrected chi connectivity index (χ1v) is 7.65. The van der Waals surface area contributed by atoms with Crippen LogP contribution in [0.3, 0.4) is 0 Å².